The Balaban J connectivity index is 1.75. The highest BCUT2D eigenvalue weighted by atomic mass is 16.1. The van der Waals surface area contributed by atoms with Gasteiger partial charge in [0.2, 0.25) is 11.6 Å². The SMILES string of the molecule is NC(=O)c1nnc(-c2nnc3c(C(N)=O)cccn23)nc1NCc1ccccc1. The molecule has 4 rings (SSSR count). The predicted octanol–water partition coefficient (Wildman–Crippen LogP) is 0.391. The molecular formula is C18H15N9O2. The molecule has 1 aromatic carbocycles. The van der Waals surface area contributed by atoms with Crippen LogP contribution in [0.5, 0.6) is 0 Å². The van der Waals surface area contributed by atoms with Gasteiger partial charge < -0.3 is 16.8 Å². The molecule has 11 heteroatoms. The van der Waals surface area contributed by atoms with E-state index in [1.165, 1.54) is 10.5 Å². The number of rotatable bonds is 6. The van der Waals surface area contributed by atoms with E-state index in [4.69, 9.17) is 11.5 Å². The van der Waals surface area contributed by atoms with Crippen molar-refractivity contribution in [2.24, 2.45) is 11.5 Å². The molecule has 3 aromatic heterocycles. The van der Waals surface area contributed by atoms with Crippen molar-refractivity contribution in [2.75, 3.05) is 5.32 Å². The van der Waals surface area contributed by atoms with Gasteiger partial charge in [-0.15, -0.1) is 20.4 Å². The lowest BCUT2D eigenvalue weighted by Crippen LogP contribution is -2.19. The normalized spacial score (nSPS) is 10.8. The average Bonchev–Trinajstić information content (AvgIpc) is 3.16. The molecule has 4 aromatic rings. The van der Waals surface area contributed by atoms with Crippen molar-refractivity contribution in [3.63, 3.8) is 0 Å². The Labute approximate surface area is 163 Å². The fourth-order valence-corrected chi connectivity index (χ4v) is 2.75. The standard InChI is InChI=1S/C18H15N9O2/c19-13(28)11-7-4-8-27-17(11)25-26-18(27)16-22-15(12(14(20)29)23-24-16)21-9-10-5-2-1-3-6-10/h1-8H,9H2,(H2,19,28)(H2,20,29)(H,21,22,24). The first-order valence-electron chi connectivity index (χ1n) is 8.51. The van der Waals surface area contributed by atoms with Crippen LogP contribution in [0.25, 0.3) is 17.3 Å². The maximum atomic E-state index is 11.7. The van der Waals surface area contributed by atoms with E-state index >= 15 is 0 Å². The molecule has 0 aliphatic carbocycles. The van der Waals surface area contributed by atoms with Crippen molar-refractivity contribution in [3.8, 4) is 11.6 Å². The monoisotopic (exact) mass is 389 g/mol. The minimum Gasteiger partial charge on any atom is -0.365 e. The highest BCUT2D eigenvalue weighted by Gasteiger charge is 2.20. The summed E-state index contributed by atoms with van der Waals surface area (Å²) in [4.78, 5) is 27.7. The lowest BCUT2D eigenvalue weighted by molar-refractivity contribution is 0.0989. The number of amides is 2. The molecule has 0 unspecified atom stereocenters. The number of nitrogens with zero attached hydrogens (tertiary/aromatic N) is 6. The first-order valence-corrected chi connectivity index (χ1v) is 8.51. The maximum Gasteiger partial charge on any atom is 0.273 e. The highest BCUT2D eigenvalue weighted by Crippen LogP contribution is 2.19. The van der Waals surface area contributed by atoms with E-state index in [1.807, 2.05) is 30.3 Å². The highest BCUT2D eigenvalue weighted by molar-refractivity contribution is 5.98. The molecule has 0 radical (unpaired) electrons. The summed E-state index contributed by atoms with van der Waals surface area (Å²) in [7, 11) is 0. The summed E-state index contributed by atoms with van der Waals surface area (Å²) in [5.41, 5.74) is 12.1. The summed E-state index contributed by atoms with van der Waals surface area (Å²) in [6.45, 7) is 0.395. The van der Waals surface area contributed by atoms with Crippen LogP contribution in [0, 0.1) is 0 Å². The second kappa shape index (κ2) is 7.31. The number of pyridine rings is 1. The molecule has 0 bridgehead atoms. The van der Waals surface area contributed by atoms with Gasteiger partial charge in [0.05, 0.1) is 5.56 Å². The topological polar surface area (TPSA) is 167 Å². The molecule has 2 amide bonds. The number of nitrogens with one attached hydrogen (secondary N) is 1. The van der Waals surface area contributed by atoms with Gasteiger partial charge >= 0.3 is 0 Å². The molecular weight excluding hydrogens is 374 g/mol. The Morgan fingerprint density at radius 1 is 0.931 bits per heavy atom. The van der Waals surface area contributed by atoms with E-state index < -0.39 is 11.8 Å². The molecule has 0 spiro atoms. The van der Waals surface area contributed by atoms with Crippen molar-refractivity contribution in [2.45, 2.75) is 6.54 Å². The molecule has 5 N–H and O–H groups in total. The van der Waals surface area contributed by atoms with Gasteiger partial charge in [0, 0.05) is 12.7 Å². The molecule has 0 fully saturated rings. The molecule has 0 saturated carbocycles. The number of hydrogen-bond acceptors (Lipinski definition) is 8. The van der Waals surface area contributed by atoms with Crippen LogP contribution in [-0.2, 0) is 6.54 Å². The molecule has 11 nitrogen and oxygen atoms in total. The number of carbonyl (C=O) groups excluding carboxylic acids is 2. The third-order valence-electron chi connectivity index (χ3n) is 4.12. The Kier molecular flexibility index (Phi) is 4.53. The smallest absolute Gasteiger partial charge is 0.273 e. The van der Waals surface area contributed by atoms with Crippen molar-refractivity contribution in [1.82, 2.24) is 29.8 Å². The number of anilines is 1. The van der Waals surface area contributed by atoms with Crippen LogP contribution < -0.4 is 16.8 Å². The Morgan fingerprint density at radius 2 is 1.72 bits per heavy atom. The number of carbonyl (C=O) groups is 2. The first-order chi connectivity index (χ1) is 14.0. The summed E-state index contributed by atoms with van der Waals surface area (Å²) >= 11 is 0. The van der Waals surface area contributed by atoms with Crippen molar-refractivity contribution in [1.29, 1.82) is 0 Å². The van der Waals surface area contributed by atoms with Crippen LogP contribution in [0.3, 0.4) is 0 Å². The zero-order valence-corrected chi connectivity index (χ0v) is 15.0. The Morgan fingerprint density at radius 3 is 2.45 bits per heavy atom. The number of benzene rings is 1. The number of primary amides is 2. The van der Waals surface area contributed by atoms with E-state index in [0.717, 1.165) is 5.56 Å². The minimum absolute atomic E-state index is 0.0969. The molecule has 0 atom stereocenters. The van der Waals surface area contributed by atoms with E-state index in [2.05, 4.69) is 30.7 Å². The quantitative estimate of drug-likeness (QED) is 0.425. The summed E-state index contributed by atoms with van der Waals surface area (Å²) in [5, 5.41) is 18.9. The van der Waals surface area contributed by atoms with Crippen molar-refractivity contribution < 1.29 is 9.59 Å². The van der Waals surface area contributed by atoms with Crippen LogP contribution in [0.2, 0.25) is 0 Å². The van der Waals surface area contributed by atoms with Gasteiger partial charge in [-0.25, -0.2) is 4.98 Å². The van der Waals surface area contributed by atoms with Crippen LogP contribution in [0.1, 0.15) is 26.4 Å². The van der Waals surface area contributed by atoms with E-state index in [1.54, 1.807) is 12.3 Å². The molecule has 0 aliphatic heterocycles. The average molecular weight is 389 g/mol. The zero-order chi connectivity index (χ0) is 20.4. The van der Waals surface area contributed by atoms with E-state index in [9.17, 15) is 9.59 Å². The number of fused-ring (bicyclic) bond motifs is 1. The van der Waals surface area contributed by atoms with Crippen LogP contribution in [0.4, 0.5) is 5.82 Å². The summed E-state index contributed by atoms with van der Waals surface area (Å²) < 4.78 is 1.52. The lowest BCUT2D eigenvalue weighted by Gasteiger charge is -2.09. The second-order valence-corrected chi connectivity index (χ2v) is 6.04. The van der Waals surface area contributed by atoms with E-state index in [-0.39, 0.29) is 34.4 Å². The number of aromatic nitrogens is 6. The van der Waals surface area contributed by atoms with Gasteiger partial charge in [0.25, 0.3) is 11.8 Å². The number of hydrogen-bond donors (Lipinski definition) is 3. The maximum absolute atomic E-state index is 11.7. The first kappa shape index (κ1) is 18.0. The zero-order valence-electron chi connectivity index (χ0n) is 15.0. The summed E-state index contributed by atoms with van der Waals surface area (Å²) in [5.74, 6) is -0.916. The van der Waals surface area contributed by atoms with Crippen LogP contribution in [-0.4, -0.2) is 41.6 Å². The summed E-state index contributed by atoms with van der Waals surface area (Å²) in [6, 6.07) is 12.7. The van der Waals surface area contributed by atoms with Gasteiger partial charge in [-0.1, -0.05) is 30.3 Å². The van der Waals surface area contributed by atoms with Gasteiger partial charge in [0.15, 0.2) is 17.2 Å². The fourth-order valence-electron chi connectivity index (χ4n) is 2.75. The molecule has 29 heavy (non-hydrogen) atoms. The lowest BCUT2D eigenvalue weighted by atomic mass is 10.2. The summed E-state index contributed by atoms with van der Waals surface area (Å²) in [6.07, 6.45) is 1.64. The minimum atomic E-state index is -0.769. The second-order valence-electron chi connectivity index (χ2n) is 6.04. The third kappa shape index (κ3) is 3.43. The molecule has 3 heterocycles. The van der Waals surface area contributed by atoms with Gasteiger partial charge in [-0.05, 0) is 17.7 Å². The largest absolute Gasteiger partial charge is 0.365 e. The van der Waals surface area contributed by atoms with Crippen LogP contribution in [0.15, 0.2) is 48.7 Å². The van der Waals surface area contributed by atoms with Gasteiger partial charge in [0.1, 0.15) is 0 Å². The van der Waals surface area contributed by atoms with E-state index in [0.29, 0.717) is 6.54 Å². The van der Waals surface area contributed by atoms with Gasteiger partial charge in [-0.2, -0.15) is 0 Å². The predicted molar refractivity (Wildman–Crippen MR) is 103 cm³/mol. The van der Waals surface area contributed by atoms with Crippen molar-refractivity contribution in [3.05, 3.63) is 65.5 Å². The molecule has 144 valence electrons. The van der Waals surface area contributed by atoms with Crippen molar-refractivity contribution >= 4 is 23.3 Å². The van der Waals surface area contributed by atoms with Crippen LogP contribution >= 0.6 is 0 Å². The molecule has 0 saturated heterocycles. The fraction of sp³-hybridized carbons (Fsp3) is 0.0556. The Hall–Kier alpha value is -4.41. The third-order valence-corrected chi connectivity index (χ3v) is 4.12. The van der Waals surface area contributed by atoms with Gasteiger partial charge in [-0.3, -0.25) is 14.0 Å². The Bertz CT molecular complexity index is 1220. The number of nitrogens with two attached hydrogens (primary N) is 2. The molecule has 0 aliphatic rings.